The van der Waals surface area contributed by atoms with Crippen molar-refractivity contribution in [3.8, 4) is 23.5 Å². The zero-order valence-corrected chi connectivity index (χ0v) is 22.7. The lowest BCUT2D eigenvalue weighted by molar-refractivity contribution is 0.182. The Morgan fingerprint density at radius 2 is 1.85 bits per heavy atom. The molecule has 0 amide bonds. The van der Waals surface area contributed by atoms with Gasteiger partial charge in [0.05, 0.1) is 10.9 Å². The third-order valence-corrected chi connectivity index (χ3v) is 9.00. The molecule has 0 aliphatic carbocycles. The molecule has 0 radical (unpaired) electrons. The fraction of sp³-hybridized carbons (Fsp3) is 0.344. The molecular formula is C32H30F2N6. The molecule has 2 fully saturated rings. The summed E-state index contributed by atoms with van der Waals surface area (Å²) in [6.45, 7) is 4.20. The van der Waals surface area contributed by atoms with Crippen LogP contribution >= 0.6 is 0 Å². The van der Waals surface area contributed by atoms with Crippen LogP contribution in [-0.4, -0.2) is 43.3 Å². The number of fused-ring (bicyclic) bond motifs is 5. The molecule has 40 heavy (non-hydrogen) atoms. The van der Waals surface area contributed by atoms with E-state index in [4.69, 9.17) is 17.1 Å². The van der Waals surface area contributed by atoms with Crippen LogP contribution in [0.1, 0.15) is 49.1 Å². The molecule has 0 bridgehead atoms. The number of halogens is 2. The van der Waals surface area contributed by atoms with E-state index in [1.54, 1.807) is 24.0 Å². The molecular weight excluding hydrogens is 506 g/mol. The highest BCUT2D eigenvalue weighted by Crippen LogP contribution is 2.44. The Balaban J connectivity index is 1.47. The van der Waals surface area contributed by atoms with Crippen molar-refractivity contribution in [3.63, 3.8) is 0 Å². The molecule has 6 nitrogen and oxygen atoms in total. The molecule has 4 heterocycles. The van der Waals surface area contributed by atoms with Crippen LogP contribution in [0.5, 0.6) is 0 Å². The predicted molar refractivity (Wildman–Crippen MR) is 155 cm³/mol. The molecule has 0 atom stereocenters. The first-order valence-electron chi connectivity index (χ1n) is 13.9. The predicted octanol–water partition coefficient (Wildman–Crippen LogP) is 6.05. The van der Waals surface area contributed by atoms with Crippen molar-refractivity contribution < 1.29 is 8.78 Å². The van der Waals surface area contributed by atoms with Crippen LogP contribution in [0, 0.1) is 30.9 Å². The van der Waals surface area contributed by atoms with E-state index in [0.29, 0.717) is 39.5 Å². The molecule has 2 aliphatic rings. The minimum atomic E-state index is -0.558. The number of aryl methyl sites for hydroxylation is 3. The lowest BCUT2D eigenvalue weighted by Crippen LogP contribution is -2.38. The van der Waals surface area contributed by atoms with Crippen LogP contribution in [0.25, 0.3) is 43.7 Å². The van der Waals surface area contributed by atoms with Crippen LogP contribution in [0.4, 0.5) is 14.6 Å². The second kappa shape index (κ2) is 8.97. The molecule has 8 heteroatoms. The molecule has 2 saturated heterocycles. The molecule has 5 aromatic rings. The van der Waals surface area contributed by atoms with E-state index in [1.807, 2.05) is 19.1 Å². The number of terminal acetylenes is 1. The largest absolute Gasteiger partial charge is 0.383 e. The average molecular weight is 537 g/mol. The molecule has 0 spiro atoms. The summed E-state index contributed by atoms with van der Waals surface area (Å²) in [4.78, 5) is 12.0. The molecule has 0 unspecified atom stereocenters. The van der Waals surface area contributed by atoms with Crippen molar-refractivity contribution in [3.05, 3.63) is 59.0 Å². The van der Waals surface area contributed by atoms with Gasteiger partial charge >= 0.3 is 0 Å². The van der Waals surface area contributed by atoms with Crippen molar-refractivity contribution in [2.75, 3.05) is 18.8 Å². The fourth-order valence-corrected chi connectivity index (χ4v) is 7.29. The fourth-order valence-electron chi connectivity index (χ4n) is 7.29. The number of nitrogens with zero attached hydrogens (tertiary/aromatic N) is 5. The first-order chi connectivity index (χ1) is 19.3. The number of anilines is 1. The van der Waals surface area contributed by atoms with Crippen molar-refractivity contribution in [2.24, 2.45) is 7.05 Å². The second-order valence-corrected chi connectivity index (χ2v) is 11.4. The van der Waals surface area contributed by atoms with Gasteiger partial charge in [0, 0.05) is 41.5 Å². The minimum Gasteiger partial charge on any atom is -0.383 e. The average Bonchev–Trinajstić information content (AvgIpc) is 3.61. The van der Waals surface area contributed by atoms with Crippen LogP contribution < -0.4 is 5.73 Å². The highest BCUT2D eigenvalue weighted by molar-refractivity contribution is 6.17. The zero-order chi connectivity index (χ0) is 27.8. The minimum absolute atomic E-state index is 0.0934. The summed E-state index contributed by atoms with van der Waals surface area (Å²) in [5.74, 6) is 2.17. The Bertz CT molecular complexity index is 1890. The maximum atomic E-state index is 16.9. The number of benzene rings is 3. The van der Waals surface area contributed by atoms with Gasteiger partial charge in [0.25, 0.3) is 0 Å². The van der Waals surface area contributed by atoms with Crippen molar-refractivity contribution in [1.29, 1.82) is 0 Å². The van der Waals surface area contributed by atoms with Crippen LogP contribution in [0.3, 0.4) is 0 Å². The van der Waals surface area contributed by atoms with Crippen LogP contribution in [0.2, 0.25) is 0 Å². The Kier molecular flexibility index (Phi) is 5.59. The normalized spacial score (nSPS) is 16.8. The molecule has 0 saturated carbocycles. The number of rotatable bonds is 4. The van der Waals surface area contributed by atoms with E-state index < -0.39 is 11.6 Å². The first-order valence-corrected chi connectivity index (χ1v) is 13.9. The molecule has 2 aliphatic heterocycles. The smallest absolute Gasteiger partial charge is 0.159 e. The summed E-state index contributed by atoms with van der Waals surface area (Å²) in [5, 5.41) is 6.90. The Morgan fingerprint density at radius 3 is 2.60 bits per heavy atom. The summed E-state index contributed by atoms with van der Waals surface area (Å²) in [6.07, 6.45) is 13.9. The molecule has 3 aromatic carbocycles. The monoisotopic (exact) mass is 536 g/mol. The summed E-state index contributed by atoms with van der Waals surface area (Å²) in [6, 6.07) is 6.77. The molecule has 202 valence electrons. The summed E-state index contributed by atoms with van der Waals surface area (Å²) in [5.41, 5.74) is 8.97. The van der Waals surface area contributed by atoms with Crippen LogP contribution in [-0.2, 0) is 13.5 Å². The van der Waals surface area contributed by atoms with Crippen molar-refractivity contribution >= 4 is 38.4 Å². The van der Waals surface area contributed by atoms with Gasteiger partial charge in [-0.2, -0.15) is 5.10 Å². The number of hydrogen-bond donors (Lipinski definition) is 1. The highest BCUT2D eigenvalue weighted by Gasteiger charge is 2.43. The Morgan fingerprint density at radius 1 is 1.07 bits per heavy atom. The van der Waals surface area contributed by atoms with Gasteiger partial charge in [0.1, 0.15) is 28.5 Å². The highest BCUT2D eigenvalue weighted by atomic mass is 19.1. The maximum Gasteiger partial charge on any atom is 0.159 e. The summed E-state index contributed by atoms with van der Waals surface area (Å²) in [7, 11) is 1.77. The van der Waals surface area contributed by atoms with E-state index in [-0.39, 0.29) is 28.0 Å². The number of nitrogen functional groups attached to an aromatic ring is 1. The van der Waals surface area contributed by atoms with Gasteiger partial charge in [-0.15, -0.1) is 6.42 Å². The third kappa shape index (κ3) is 3.61. The van der Waals surface area contributed by atoms with Crippen LogP contribution in [0.15, 0.2) is 30.5 Å². The van der Waals surface area contributed by atoms with E-state index in [9.17, 15) is 4.39 Å². The standard InChI is InChI=1S/C32H30F2N6/c1-4-20-23(33)8-7-19-15-18(2)16-21(25(19)20)26-28(34)30-27(22-17-39(3)38-29(22)26)31(35)37-24(36-30)9-12-32-10-5-13-40(32)14-6-11-32/h1,7-8,15-17H,5-6,9-14H2,2-3H3,(H2,35,36,37). The van der Waals surface area contributed by atoms with Gasteiger partial charge in [-0.1, -0.05) is 24.1 Å². The number of hydrogen-bond acceptors (Lipinski definition) is 5. The van der Waals surface area contributed by atoms with E-state index >= 15 is 4.39 Å². The van der Waals surface area contributed by atoms with Gasteiger partial charge in [0.2, 0.25) is 0 Å². The zero-order valence-electron chi connectivity index (χ0n) is 22.7. The van der Waals surface area contributed by atoms with Gasteiger partial charge in [-0.3, -0.25) is 9.58 Å². The number of nitrogens with two attached hydrogens (primary N) is 1. The summed E-state index contributed by atoms with van der Waals surface area (Å²) >= 11 is 0. The summed E-state index contributed by atoms with van der Waals surface area (Å²) < 4.78 is 33.4. The third-order valence-electron chi connectivity index (χ3n) is 9.00. The lowest BCUT2D eigenvalue weighted by atomic mass is 9.88. The SMILES string of the molecule is C#Cc1c(F)ccc2cc(C)cc(-c3c(F)c4nc(CCC56CCCN5CCC6)nc(N)c4c4cn(C)nc34)c12. The topological polar surface area (TPSA) is 72.9 Å². The molecule has 7 rings (SSSR count). The second-order valence-electron chi connectivity index (χ2n) is 11.4. The van der Waals surface area contributed by atoms with Gasteiger partial charge < -0.3 is 5.73 Å². The van der Waals surface area contributed by atoms with E-state index in [1.165, 1.54) is 31.7 Å². The lowest BCUT2D eigenvalue weighted by Gasteiger charge is -2.32. The van der Waals surface area contributed by atoms with Crippen molar-refractivity contribution in [1.82, 2.24) is 24.6 Å². The molecule has 2 N–H and O–H groups in total. The van der Waals surface area contributed by atoms with E-state index in [2.05, 4.69) is 20.9 Å². The van der Waals surface area contributed by atoms with Gasteiger partial charge in [0.15, 0.2) is 5.82 Å². The van der Waals surface area contributed by atoms with Gasteiger partial charge in [-0.25, -0.2) is 18.7 Å². The Labute approximate surface area is 231 Å². The first kappa shape index (κ1) is 24.9. The Hall–Kier alpha value is -4.09. The van der Waals surface area contributed by atoms with Crippen molar-refractivity contribution in [2.45, 2.75) is 51.0 Å². The quantitative estimate of drug-likeness (QED) is 0.283. The van der Waals surface area contributed by atoms with E-state index in [0.717, 1.165) is 30.5 Å². The maximum absolute atomic E-state index is 16.9. The molecule has 2 aromatic heterocycles. The number of aromatic nitrogens is 4. The van der Waals surface area contributed by atoms with Gasteiger partial charge in [-0.05, 0) is 74.7 Å².